The maximum atomic E-state index is 12.0. The number of nitrogens with one attached hydrogen (secondary N) is 2. The van der Waals surface area contributed by atoms with E-state index < -0.39 is 6.36 Å². The largest absolute Gasteiger partial charge is 0.573 e. The summed E-state index contributed by atoms with van der Waals surface area (Å²) < 4.78 is 39.7. The first kappa shape index (κ1) is 14.6. The van der Waals surface area contributed by atoms with E-state index in [9.17, 15) is 18.0 Å². The minimum absolute atomic E-state index is 0.0653. The third kappa shape index (κ3) is 5.48. The van der Waals surface area contributed by atoms with Crippen molar-refractivity contribution >= 4 is 5.91 Å². The van der Waals surface area contributed by atoms with Gasteiger partial charge in [0, 0.05) is 12.6 Å². The molecule has 20 heavy (non-hydrogen) atoms. The fourth-order valence-corrected chi connectivity index (χ4v) is 1.64. The van der Waals surface area contributed by atoms with Gasteiger partial charge in [-0.1, -0.05) is 12.1 Å². The molecule has 0 aliphatic heterocycles. The third-order valence-electron chi connectivity index (χ3n) is 2.71. The fourth-order valence-electron chi connectivity index (χ4n) is 1.64. The monoisotopic (exact) mass is 288 g/mol. The average molecular weight is 288 g/mol. The van der Waals surface area contributed by atoms with E-state index in [1.165, 1.54) is 24.3 Å². The van der Waals surface area contributed by atoms with Gasteiger partial charge in [-0.05, 0) is 30.5 Å². The summed E-state index contributed by atoms with van der Waals surface area (Å²) in [5.41, 5.74) is 0.777. The van der Waals surface area contributed by atoms with Crippen molar-refractivity contribution in [2.75, 3.05) is 6.54 Å². The van der Waals surface area contributed by atoms with Crippen LogP contribution in [0.25, 0.3) is 0 Å². The van der Waals surface area contributed by atoms with Gasteiger partial charge in [-0.2, -0.15) is 0 Å². The second kappa shape index (κ2) is 6.13. The minimum atomic E-state index is -4.68. The van der Waals surface area contributed by atoms with Crippen molar-refractivity contribution in [1.29, 1.82) is 0 Å². The van der Waals surface area contributed by atoms with Gasteiger partial charge in [0.1, 0.15) is 5.75 Å². The van der Waals surface area contributed by atoms with Gasteiger partial charge >= 0.3 is 6.36 Å². The van der Waals surface area contributed by atoms with Gasteiger partial charge in [0.15, 0.2) is 0 Å². The van der Waals surface area contributed by atoms with Crippen LogP contribution in [0.3, 0.4) is 0 Å². The molecule has 0 atom stereocenters. The Morgan fingerprint density at radius 3 is 2.45 bits per heavy atom. The van der Waals surface area contributed by atoms with Gasteiger partial charge in [0.05, 0.1) is 6.54 Å². The third-order valence-corrected chi connectivity index (χ3v) is 2.71. The molecule has 7 heteroatoms. The van der Waals surface area contributed by atoms with E-state index in [0.717, 1.165) is 18.4 Å². The highest BCUT2D eigenvalue weighted by molar-refractivity contribution is 5.78. The molecule has 1 aliphatic rings. The first-order valence-electron chi connectivity index (χ1n) is 6.27. The molecule has 4 nitrogen and oxygen atoms in total. The molecule has 2 N–H and O–H groups in total. The molecule has 1 amide bonds. The Hall–Kier alpha value is -1.76. The first-order valence-corrected chi connectivity index (χ1v) is 6.27. The molecule has 1 fully saturated rings. The van der Waals surface area contributed by atoms with E-state index in [1.54, 1.807) is 0 Å². The van der Waals surface area contributed by atoms with Crippen LogP contribution in [-0.4, -0.2) is 24.9 Å². The first-order chi connectivity index (χ1) is 9.42. The zero-order chi connectivity index (χ0) is 14.6. The molecule has 1 aromatic carbocycles. The number of alkyl halides is 3. The highest BCUT2D eigenvalue weighted by Crippen LogP contribution is 2.22. The Labute approximate surface area is 114 Å². The maximum absolute atomic E-state index is 12.0. The zero-order valence-electron chi connectivity index (χ0n) is 10.7. The standard InChI is InChI=1S/C13H15F3N2O2/c14-13(15,16)20-11-5-1-9(2-6-11)7-17-8-12(19)18-10-3-4-10/h1-2,5-6,10,17H,3-4,7-8H2,(H,18,19). The van der Waals surface area contributed by atoms with Crippen LogP contribution in [0.4, 0.5) is 13.2 Å². The summed E-state index contributed by atoms with van der Waals surface area (Å²) in [6.45, 7) is 0.599. The predicted octanol–water partition coefficient (Wildman–Crippen LogP) is 1.95. The molecule has 0 saturated heterocycles. The topological polar surface area (TPSA) is 50.4 Å². The number of benzene rings is 1. The van der Waals surface area contributed by atoms with Crippen LogP contribution in [0.5, 0.6) is 5.75 Å². The zero-order valence-corrected chi connectivity index (χ0v) is 10.7. The van der Waals surface area contributed by atoms with Crippen LogP contribution in [0.2, 0.25) is 0 Å². The Bertz CT molecular complexity index is 456. The lowest BCUT2D eigenvalue weighted by Crippen LogP contribution is -2.34. The lowest BCUT2D eigenvalue weighted by Gasteiger charge is -2.09. The lowest BCUT2D eigenvalue weighted by molar-refractivity contribution is -0.274. The molecule has 1 aliphatic carbocycles. The van der Waals surface area contributed by atoms with E-state index >= 15 is 0 Å². The predicted molar refractivity (Wildman–Crippen MR) is 66.0 cm³/mol. The number of amides is 1. The van der Waals surface area contributed by atoms with Gasteiger partial charge in [-0.25, -0.2) is 0 Å². The average Bonchev–Trinajstić information content (AvgIpc) is 3.13. The summed E-state index contributed by atoms with van der Waals surface area (Å²) in [4.78, 5) is 11.4. The summed E-state index contributed by atoms with van der Waals surface area (Å²) in [5, 5.41) is 5.76. The van der Waals surface area contributed by atoms with Crippen molar-refractivity contribution in [3.63, 3.8) is 0 Å². The highest BCUT2D eigenvalue weighted by atomic mass is 19.4. The number of carbonyl (C=O) groups is 1. The van der Waals surface area contributed by atoms with Crippen molar-refractivity contribution in [3.8, 4) is 5.75 Å². The molecular formula is C13H15F3N2O2. The van der Waals surface area contributed by atoms with E-state index in [1.807, 2.05) is 0 Å². The van der Waals surface area contributed by atoms with Crippen LogP contribution >= 0.6 is 0 Å². The summed E-state index contributed by atoms with van der Waals surface area (Å²) in [6.07, 6.45) is -2.61. The second-order valence-corrected chi connectivity index (χ2v) is 4.64. The molecule has 0 bridgehead atoms. The molecule has 1 aromatic rings. The number of rotatable bonds is 6. The molecule has 0 radical (unpaired) electrons. The summed E-state index contributed by atoms with van der Waals surface area (Å²) in [6, 6.07) is 5.85. The van der Waals surface area contributed by atoms with Gasteiger partial charge in [0.2, 0.25) is 5.91 Å². The van der Waals surface area contributed by atoms with Crippen molar-refractivity contribution in [3.05, 3.63) is 29.8 Å². The highest BCUT2D eigenvalue weighted by Gasteiger charge is 2.30. The summed E-state index contributed by atoms with van der Waals surface area (Å²) >= 11 is 0. The Balaban J connectivity index is 1.71. The van der Waals surface area contributed by atoms with Crippen molar-refractivity contribution in [2.24, 2.45) is 0 Å². The molecule has 0 spiro atoms. The molecule has 1 saturated carbocycles. The smallest absolute Gasteiger partial charge is 0.406 e. The Morgan fingerprint density at radius 2 is 1.90 bits per heavy atom. The van der Waals surface area contributed by atoms with Gasteiger partial charge in [-0.3, -0.25) is 4.79 Å². The van der Waals surface area contributed by atoms with E-state index in [0.29, 0.717) is 12.6 Å². The Morgan fingerprint density at radius 1 is 1.25 bits per heavy atom. The van der Waals surface area contributed by atoms with Crippen LogP contribution in [0.15, 0.2) is 24.3 Å². The molecule has 110 valence electrons. The van der Waals surface area contributed by atoms with Crippen molar-refractivity contribution < 1.29 is 22.7 Å². The normalized spacial score (nSPS) is 14.9. The molecule has 0 unspecified atom stereocenters. The number of hydrogen-bond donors (Lipinski definition) is 2. The van der Waals surface area contributed by atoms with E-state index in [4.69, 9.17) is 0 Å². The summed E-state index contributed by atoms with van der Waals surface area (Å²) in [7, 11) is 0. The van der Waals surface area contributed by atoms with Gasteiger partial charge < -0.3 is 15.4 Å². The lowest BCUT2D eigenvalue weighted by atomic mass is 10.2. The molecule has 0 heterocycles. The molecule has 0 aromatic heterocycles. The van der Waals surface area contributed by atoms with Gasteiger partial charge in [0.25, 0.3) is 0 Å². The number of halogens is 3. The van der Waals surface area contributed by atoms with Crippen LogP contribution in [-0.2, 0) is 11.3 Å². The number of carbonyl (C=O) groups excluding carboxylic acids is 1. The summed E-state index contributed by atoms with van der Waals surface area (Å²) in [5.74, 6) is -0.322. The quantitative estimate of drug-likeness (QED) is 0.841. The Kier molecular flexibility index (Phi) is 4.49. The molecule has 2 rings (SSSR count). The number of hydrogen-bond acceptors (Lipinski definition) is 3. The van der Waals surface area contributed by atoms with Crippen LogP contribution in [0.1, 0.15) is 18.4 Å². The molecular weight excluding hydrogens is 273 g/mol. The van der Waals surface area contributed by atoms with Crippen LogP contribution < -0.4 is 15.4 Å². The maximum Gasteiger partial charge on any atom is 0.573 e. The second-order valence-electron chi connectivity index (χ2n) is 4.64. The van der Waals surface area contributed by atoms with Gasteiger partial charge in [-0.15, -0.1) is 13.2 Å². The van der Waals surface area contributed by atoms with Crippen molar-refractivity contribution in [2.45, 2.75) is 31.8 Å². The minimum Gasteiger partial charge on any atom is -0.406 e. The fraction of sp³-hybridized carbons (Fsp3) is 0.462. The van der Waals surface area contributed by atoms with E-state index in [2.05, 4.69) is 15.4 Å². The van der Waals surface area contributed by atoms with E-state index in [-0.39, 0.29) is 18.2 Å². The SMILES string of the molecule is O=C(CNCc1ccc(OC(F)(F)F)cc1)NC1CC1. The number of ether oxygens (including phenoxy) is 1. The van der Waals surface area contributed by atoms with Crippen molar-refractivity contribution in [1.82, 2.24) is 10.6 Å². The van der Waals surface area contributed by atoms with Crippen LogP contribution in [0, 0.1) is 0 Å².